The maximum Gasteiger partial charge on any atom is 0.246 e. The van der Waals surface area contributed by atoms with Crippen LogP contribution in [0.25, 0.3) is 32.2 Å². The number of carbonyl (C=O) groups is 1. The molecule has 5 rings (SSSR count). The molecule has 4 aromatic rings. The summed E-state index contributed by atoms with van der Waals surface area (Å²) < 4.78 is 30.1. The number of likely N-dealkylation sites (tertiary alicyclic amines) is 1. The minimum atomic E-state index is -0.672. The molecule has 2 aromatic carbocycles. The van der Waals surface area contributed by atoms with E-state index >= 15 is 4.39 Å². The fourth-order valence-electron chi connectivity index (χ4n) is 3.76. The Hall–Kier alpha value is -3.37. The third-order valence-corrected chi connectivity index (χ3v) is 6.50. The zero-order chi connectivity index (χ0) is 22.6. The van der Waals surface area contributed by atoms with Gasteiger partial charge in [0.05, 0.1) is 21.3 Å². The van der Waals surface area contributed by atoms with Gasteiger partial charge < -0.3 is 16.0 Å². The topological polar surface area (TPSA) is 97.0 Å². The molecule has 7 nitrogen and oxygen atoms in total. The maximum atomic E-state index is 15.7. The quantitative estimate of drug-likeness (QED) is 0.431. The predicted octanol–water partition coefficient (Wildman–Crippen LogP) is 4.23. The van der Waals surface area contributed by atoms with Gasteiger partial charge in [-0.05, 0) is 24.3 Å². The number of anilines is 2. The highest BCUT2D eigenvalue weighted by atomic mass is 35.5. The van der Waals surface area contributed by atoms with Crippen molar-refractivity contribution in [3.8, 4) is 11.1 Å². The number of hydrogen-bond donors (Lipinski definition) is 2. The molecule has 1 fully saturated rings. The first kappa shape index (κ1) is 20.5. The van der Waals surface area contributed by atoms with Crippen molar-refractivity contribution in [1.29, 1.82) is 0 Å². The number of amides is 1. The average molecular weight is 473 g/mol. The lowest BCUT2D eigenvalue weighted by Gasteiger charge is -2.39. The van der Waals surface area contributed by atoms with E-state index in [9.17, 15) is 9.18 Å². The van der Waals surface area contributed by atoms with Crippen LogP contribution >= 0.6 is 22.9 Å². The standard InChI is InChI=1S/C21H15ClF2N6OS/c1-2-14(31)30-6-9(7-30)28-20-11-5-12(22)15(16(24)17(11)26-8-27-20)10-3-4-13(23)19-18(10)29-21(25)32-19/h2-5,8-9H,1,6-7H2,(H2,25,29)(H,26,27,28). The van der Waals surface area contributed by atoms with Gasteiger partial charge in [0.2, 0.25) is 5.91 Å². The minimum absolute atomic E-state index is 0.0479. The Balaban J connectivity index is 1.58. The second-order valence-electron chi connectivity index (χ2n) is 7.28. The number of carbonyl (C=O) groups excluding carboxylic acids is 1. The number of nitrogen functional groups attached to an aromatic ring is 1. The SMILES string of the molecule is C=CC(=O)N1CC(Nc2ncnc3c(F)c(-c4ccc(F)c5sc(N)nc45)c(Cl)cc23)C1. The van der Waals surface area contributed by atoms with Gasteiger partial charge in [-0.15, -0.1) is 0 Å². The van der Waals surface area contributed by atoms with Crippen molar-refractivity contribution in [2.45, 2.75) is 6.04 Å². The molecule has 0 atom stereocenters. The van der Waals surface area contributed by atoms with Gasteiger partial charge in [0.25, 0.3) is 0 Å². The monoisotopic (exact) mass is 472 g/mol. The molecule has 11 heteroatoms. The van der Waals surface area contributed by atoms with Gasteiger partial charge in [-0.2, -0.15) is 0 Å². The Morgan fingerprint density at radius 3 is 2.84 bits per heavy atom. The van der Waals surface area contributed by atoms with Crippen LogP contribution in [0.3, 0.4) is 0 Å². The zero-order valence-corrected chi connectivity index (χ0v) is 18.0. The van der Waals surface area contributed by atoms with Gasteiger partial charge in [-0.3, -0.25) is 4.79 Å². The number of aromatic nitrogens is 3. The molecular weight excluding hydrogens is 458 g/mol. The van der Waals surface area contributed by atoms with Crippen LogP contribution < -0.4 is 11.1 Å². The number of rotatable bonds is 4. The van der Waals surface area contributed by atoms with Crippen LogP contribution in [0.5, 0.6) is 0 Å². The molecular formula is C21H15ClF2N6OS. The van der Waals surface area contributed by atoms with E-state index in [0.717, 1.165) is 11.3 Å². The number of hydrogen-bond acceptors (Lipinski definition) is 7. The molecule has 32 heavy (non-hydrogen) atoms. The largest absolute Gasteiger partial charge is 0.375 e. The molecule has 1 aliphatic rings. The molecule has 3 heterocycles. The van der Waals surface area contributed by atoms with Gasteiger partial charge in [-0.1, -0.05) is 29.5 Å². The van der Waals surface area contributed by atoms with E-state index in [2.05, 4.69) is 26.8 Å². The first-order valence-electron chi connectivity index (χ1n) is 9.53. The first-order chi connectivity index (χ1) is 15.4. The summed E-state index contributed by atoms with van der Waals surface area (Å²) in [5.74, 6) is -0.911. The highest BCUT2D eigenvalue weighted by Gasteiger charge is 2.30. The third-order valence-electron chi connectivity index (χ3n) is 5.31. The zero-order valence-electron chi connectivity index (χ0n) is 16.4. The molecule has 0 unspecified atom stereocenters. The smallest absolute Gasteiger partial charge is 0.246 e. The van der Waals surface area contributed by atoms with Crippen LogP contribution in [-0.4, -0.2) is 44.9 Å². The molecule has 1 aliphatic heterocycles. The molecule has 1 amide bonds. The molecule has 1 saturated heterocycles. The number of thiazole rings is 1. The van der Waals surface area contributed by atoms with Crippen molar-refractivity contribution in [3.63, 3.8) is 0 Å². The number of nitrogens with one attached hydrogen (secondary N) is 1. The summed E-state index contributed by atoms with van der Waals surface area (Å²) in [6.07, 6.45) is 2.51. The highest BCUT2D eigenvalue weighted by molar-refractivity contribution is 7.22. The highest BCUT2D eigenvalue weighted by Crippen LogP contribution is 2.41. The van der Waals surface area contributed by atoms with E-state index in [1.807, 2.05) is 0 Å². The summed E-state index contributed by atoms with van der Waals surface area (Å²) in [6.45, 7) is 4.42. The van der Waals surface area contributed by atoms with Gasteiger partial charge in [0, 0.05) is 29.6 Å². The molecule has 0 bridgehead atoms. The predicted molar refractivity (Wildman–Crippen MR) is 122 cm³/mol. The lowest BCUT2D eigenvalue weighted by Crippen LogP contribution is -2.56. The van der Waals surface area contributed by atoms with Gasteiger partial charge in [0.1, 0.15) is 23.5 Å². The third kappa shape index (κ3) is 3.23. The van der Waals surface area contributed by atoms with E-state index < -0.39 is 11.6 Å². The maximum absolute atomic E-state index is 15.7. The van der Waals surface area contributed by atoms with Crippen molar-refractivity contribution < 1.29 is 13.6 Å². The molecule has 0 radical (unpaired) electrons. The summed E-state index contributed by atoms with van der Waals surface area (Å²) in [6, 6.07) is 4.17. The molecule has 0 spiro atoms. The van der Waals surface area contributed by atoms with Crippen LogP contribution in [-0.2, 0) is 4.79 Å². The van der Waals surface area contributed by atoms with Crippen LogP contribution in [0.1, 0.15) is 0 Å². The van der Waals surface area contributed by atoms with E-state index in [-0.39, 0.29) is 43.4 Å². The summed E-state index contributed by atoms with van der Waals surface area (Å²) in [4.78, 5) is 25.7. The van der Waals surface area contributed by atoms with Crippen LogP contribution in [0.2, 0.25) is 5.02 Å². The minimum Gasteiger partial charge on any atom is -0.375 e. The van der Waals surface area contributed by atoms with Crippen molar-refractivity contribution in [3.05, 3.63) is 53.8 Å². The number of benzene rings is 2. The normalized spacial score (nSPS) is 14.0. The Kier molecular flexibility index (Phi) is 4.90. The molecule has 2 aromatic heterocycles. The van der Waals surface area contributed by atoms with E-state index in [1.165, 1.54) is 24.5 Å². The van der Waals surface area contributed by atoms with Crippen LogP contribution in [0.4, 0.5) is 19.7 Å². The lowest BCUT2D eigenvalue weighted by molar-refractivity contribution is -0.129. The van der Waals surface area contributed by atoms with Crippen molar-refractivity contribution in [1.82, 2.24) is 19.9 Å². The Morgan fingerprint density at radius 2 is 2.09 bits per heavy atom. The average Bonchev–Trinajstić information content (AvgIpc) is 3.14. The second kappa shape index (κ2) is 7.64. The fourth-order valence-corrected chi connectivity index (χ4v) is 4.82. The van der Waals surface area contributed by atoms with E-state index in [0.29, 0.717) is 29.9 Å². The molecule has 0 saturated carbocycles. The number of fused-ring (bicyclic) bond motifs is 2. The molecule has 3 N–H and O–H groups in total. The van der Waals surface area contributed by atoms with E-state index in [1.54, 1.807) is 11.0 Å². The Morgan fingerprint density at radius 1 is 1.31 bits per heavy atom. The van der Waals surface area contributed by atoms with Crippen LogP contribution in [0.15, 0.2) is 37.2 Å². The number of nitrogens with two attached hydrogens (primary N) is 1. The summed E-state index contributed by atoms with van der Waals surface area (Å²) in [5, 5.41) is 3.86. The lowest BCUT2D eigenvalue weighted by atomic mass is 10.0. The van der Waals surface area contributed by atoms with Gasteiger partial charge in [0.15, 0.2) is 10.9 Å². The summed E-state index contributed by atoms with van der Waals surface area (Å²) >= 11 is 7.47. The summed E-state index contributed by atoms with van der Waals surface area (Å²) in [7, 11) is 0. The first-order valence-corrected chi connectivity index (χ1v) is 10.7. The van der Waals surface area contributed by atoms with Crippen molar-refractivity contribution in [2.24, 2.45) is 0 Å². The molecule has 0 aliphatic carbocycles. The molecule has 162 valence electrons. The van der Waals surface area contributed by atoms with E-state index in [4.69, 9.17) is 17.3 Å². The van der Waals surface area contributed by atoms with Gasteiger partial charge >= 0.3 is 0 Å². The van der Waals surface area contributed by atoms with Crippen LogP contribution in [0, 0.1) is 11.6 Å². The Labute approximate surface area is 189 Å². The number of nitrogens with zero attached hydrogens (tertiary/aromatic N) is 4. The number of halogens is 3. The van der Waals surface area contributed by atoms with Crippen molar-refractivity contribution >= 4 is 60.9 Å². The van der Waals surface area contributed by atoms with Gasteiger partial charge in [-0.25, -0.2) is 23.7 Å². The summed E-state index contributed by atoms with van der Waals surface area (Å²) in [5.41, 5.74) is 6.43. The second-order valence-corrected chi connectivity index (χ2v) is 8.72. The fraction of sp³-hybridized carbons (Fsp3) is 0.143. The van der Waals surface area contributed by atoms with Crippen molar-refractivity contribution in [2.75, 3.05) is 24.1 Å². The Bertz CT molecular complexity index is 1420.